The van der Waals surface area contributed by atoms with Gasteiger partial charge in [-0.3, -0.25) is 50.4 Å². The van der Waals surface area contributed by atoms with Crippen molar-refractivity contribution in [2.75, 3.05) is 235 Å². The topological polar surface area (TPSA) is 508 Å². The molecule has 0 saturated carbocycles. The maximum atomic E-state index is 12.7. The van der Waals surface area contributed by atoms with Gasteiger partial charge >= 0.3 is 24.0 Å². The van der Waals surface area contributed by atoms with Crippen molar-refractivity contribution < 1.29 is 95.8 Å². The Kier molecular flexibility index (Phi) is 43.0. The Morgan fingerprint density at radius 3 is 0.991 bits per heavy atom. The average Bonchev–Trinajstić information content (AvgIpc) is 0.791. The Labute approximate surface area is 645 Å². The number of carbonyl (C=O) groups is 6. The van der Waals surface area contributed by atoms with E-state index in [9.17, 15) is 39.0 Å². The second-order valence-electron chi connectivity index (χ2n) is 23.3. The molecule has 16 N–H and O–H groups in total. The minimum absolute atomic E-state index is 0.0358. The molecule has 110 heavy (non-hydrogen) atoms. The molecule has 0 fully saturated rings. The number of carbonyl (C=O) groups excluding carboxylic acids is 4. The van der Waals surface area contributed by atoms with Crippen LogP contribution in [0, 0.1) is 10.8 Å². The highest BCUT2D eigenvalue weighted by Gasteiger charge is 2.20. The number of aromatic nitrogens is 4. The Balaban J connectivity index is 0.662. The highest BCUT2D eigenvalue weighted by molar-refractivity contribution is 6.32. The number of benzene rings is 4. The van der Waals surface area contributed by atoms with Gasteiger partial charge in [0.15, 0.2) is 11.9 Å². The van der Waals surface area contributed by atoms with Crippen LogP contribution in [0.15, 0.2) is 84.9 Å². The van der Waals surface area contributed by atoms with Gasteiger partial charge in [-0.25, -0.2) is 29.5 Å². The van der Waals surface area contributed by atoms with E-state index in [-0.39, 0.29) is 155 Å². The molecule has 2 heterocycles. The average molecular weight is 1580 g/mol. The normalized spacial score (nSPS) is 11.2. The van der Waals surface area contributed by atoms with Gasteiger partial charge in [0, 0.05) is 84.3 Å². The molecule has 0 spiro atoms. The predicted molar refractivity (Wildman–Crippen MR) is 407 cm³/mol. The van der Waals surface area contributed by atoms with Gasteiger partial charge in [0.25, 0.3) is 0 Å². The van der Waals surface area contributed by atoms with Gasteiger partial charge in [0.2, 0.25) is 23.7 Å². The number of halogens is 2. The molecule has 602 valence electrons. The van der Waals surface area contributed by atoms with E-state index in [1.54, 1.807) is 36.4 Å². The lowest BCUT2D eigenvalue weighted by molar-refractivity contribution is -0.141. The van der Waals surface area contributed by atoms with Crippen molar-refractivity contribution >= 4 is 105 Å². The van der Waals surface area contributed by atoms with Crippen LogP contribution in [0.5, 0.6) is 11.5 Å². The van der Waals surface area contributed by atoms with Gasteiger partial charge in [0.05, 0.1) is 181 Å². The summed E-state index contributed by atoms with van der Waals surface area (Å²) in [5, 5.41) is 58.0. The van der Waals surface area contributed by atoms with Crippen LogP contribution in [-0.4, -0.2) is 312 Å². The molecule has 6 rings (SSSR count). The van der Waals surface area contributed by atoms with Gasteiger partial charge in [0.1, 0.15) is 24.7 Å². The number of anilines is 2. The fourth-order valence-electron chi connectivity index (χ4n) is 9.83. The van der Waals surface area contributed by atoms with Crippen LogP contribution < -0.4 is 63.5 Å². The lowest BCUT2D eigenvalue weighted by atomic mass is 10.1. The molecule has 40 heteroatoms. The third-order valence-corrected chi connectivity index (χ3v) is 15.2. The Morgan fingerprint density at radius 1 is 0.382 bits per heavy atom. The van der Waals surface area contributed by atoms with Crippen molar-refractivity contribution in [2.45, 2.75) is 0 Å². The van der Waals surface area contributed by atoms with E-state index >= 15 is 0 Å². The summed E-state index contributed by atoms with van der Waals surface area (Å²) in [6, 6.07) is 24.5. The van der Waals surface area contributed by atoms with Crippen LogP contribution in [0.4, 0.5) is 21.5 Å². The number of carboxylic acid groups (broad SMARTS) is 2. The molecule has 0 aliphatic carbocycles. The summed E-state index contributed by atoms with van der Waals surface area (Å²) >= 11 is 12.6. The number of carboxylic acids is 2. The number of hydrogen-bond donors (Lipinski definition) is 14. The van der Waals surface area contributed by atoms with E-state index in [1.165, 1.54) is 9.80 Å². The first-order valence-corrected chi connectivity index (χ1v) is 36.0. The Morgan fingerprint density at radius 2 is 0.682 bits per heavy atom. The Bertz CT molecular complexity index is 3590. The maximum Gasteiger partial charge on any atom is 0.317 e. The zero-order chi connectivity index (χ0) is 78.8. The smallest absolute Gasteiger partial charge is 0.317 e. The number of aliphatic carboxylic acids is 2. The van der Waals surface area contributed by atoms with Gasteiger partial charge in [-0.15, -0.1) is 0 Å². The van der Waals surface area contributed by atoms with Crippen LogP contribution in [-0.2, 0) is 66.5 Å². The van der Waals surface area contributed by atoms with Crippen molar-refractivity contribution in [3.05, 3.63) is 95.0 Å². The van der Waals surface area contributed by atoms with Crippen LogP contribution in [0.1, 0.15) is 0 Å². The van der Waals surface area contributed by atoms with E-state index in [0.29, 0.717) is 123 Å². The predicted octanol–water partition coefficient (Wildman–Crippen LogP) is 2.05. The molecule has 6 amide bonds. The van der Waals surface area contributed by atoms with Gasteiger partial charge in [-0.1, -0.05) is 47.5 Å². The van der Waals surface area contributed by atoms with Crippen molar-refractivity contribution in [3.8, 4) is 34.0 Å². The summed E-state index contributed by atoms with van der Waals surface area (Å²) < 4.78 is 67.2. The summed E-state index contributed by atoms with van der Waals surface area (Å²) in [5.41, 5.74) is 15.0. The number of nitrogens with one attached hydrogen (secondary N) is 10. The molecule has 0 aliphatic heterocycles. The van der Waals surface area contributed by atoms with Crippen LogP contribution >= 0.6 is 23.2 Å². The standard InChI is InChI=1S/C70H98Cl2N18O20/c71-51-7-9-57-55(43-51)63(85-67(83-57)87-65(73)74)49-3-1-5-53(41-49)109-39-37-107-35-33-105-31-29-103-23-15-81-69(97)79-13-21-101-27-25-99-19-11-77-59(91)45-89(47-61(93)94)17-18-90(48-62(95)96)46-60(92)78-12-20-100-26-28-102-22-14-80-70(98)82-16-24-104-30-32-106-34-36-108-38-40-110-54-6-2-4-50(42-54)64-56-44-52(72)8-10-58(56)84-68(86-64)88-66(75)76/h1-10,41-44H,11-40,45-48H2,(H,77,91)(H,78,92)(H,93,94)(H,95,96)(H2,79,81,97)(H2,80,82,98)(H4,73,74,83,85,87)(H4,75,76,84,86,88). The van der Waals surface area contributed by atoms with Crippen molar-refractivity contribution in [3.63, 3.8) is 0 Å². The second-order valence-corrected chi connectivity index (χ2v) is 24.2. The molecule has 2 aromatic heterocycles. The number of urea groups is 2. The maximum absolute atomic E-state index is 12.7. The summed E-state index contributed by atoms with van der Waals surface area (Å²) in [5.74, 6) is -2.41. The van der Waals surface area contributed by atoms with E-state index in [0.717, 1.165) is 21.9 Å². The summed E-state index contributed by atoms with van der Waals surface area (Å²) in [6.45, 7) is 5.59. The fraction of sp³-hybridized carbons (Fsp3) is 0.486. The number of nitrogens with zero attached hydrogens (tertiary/aromatic N) is 6. The number of rotatable bonds is 59. The zero-order valence-corrected chi connectivity index (χ0v) is 62.5. The van der Waals surface area contributed by atoms with E-state index in [2.05, 4.69) is 62.5 Å². The first-order chi connectivity index (χ1) is 53.4. The van der Waals surface area contributed by atoms with E-state index < -0.39 is 48.9 Å². The number of amides is 6. The second kappa shape index (κ2) is 53.1. The van der Waals surface area contributed by atoms with Crippen LogP contribution in [0.25, 0.3) is 44.3 Å². The van der Waals surface area contributed by atoms with Crippen molar-refractivity contribution in [2.24, 2.45) is 11.5 Å². The third-order valence-electron chi connectivity index (χ3n) is 14.7. The summed E-state index contributed by atoms with van der Waals surface area (Å²) in [7, 11) is 0. The molecule has 6 aromatic rings. The molecular formula is C70H98Cl2N18O20. The van der Waals surface area contributed by atoms with Crippen molar-refractivity contribution in [1.29, 1.82) is 10.8 Å². The molecule has 0 atom stereocenters. The van der Waals surface area contributed by atoms with Gasteiger partial charge in [-0.2, -0.15) is 0 Å². The molecule has 0 radical (unpaired) electrons. The summed E-state index contributed by atoms with van der Waals surface area (Å²) in [4.78, 5) is 93.6. The van der Waals surface area contributed by atoms with Gasteiger partial charge < -0.3 is 110 Å². The molecule has 0 aliphatic rings. The molecule has 0 saturated heterocycles. The zero-order valence-electron chi connectivity index (χ0n) is 61.0. The van der Waals surface area contributed by atoms with Crippen LogP contribution in [0.2, 0.25) is 10.0 Å². The highest BCUT2D eigenvalue weighted by Crippen LogP contribution is 2.33. The number of fused-ring (bicyclic) bond motifs is 2. The Hall–Kier alpha value is -9.78. The number of hydrogen-bond acceptors (Lipinski definition) is 26. The van der Waals surface area contributed by atoms with Gasteiger partial charge in [-0.05, 0) is 60.7 Å². The quantitative estimate of drug-likeness (QED) is 0.0148. The number of ether oxygens (including phenoxy) is 12. The molecule has 0 unspecified atom stereocenters. The molecule has 0 bridgehead atoms. The number of guanidine groups is 2. The van der Waals surface area contributed by atoms with Crippen LogP contribution in [0.3, 0.4) is 0 Å². The lowest BCUT2D eigenvalue weighted by Crippen LogP contribution is -2.47. The van der Waals surface area contributed by atoms with E-state index in [1.807, 2.05) is 48.5 Å². The third kappa shape index (κ3) is 38.5. The van der Waals surface area contributed by atoms with E-state index in [4.69, 9.17) is 102 Å². The molecule has 4 aromatic carbocycles. The SMILES string of the molecule is N=C(N)Nc1nc(-c2cccc(OCCOCCOCCOCCNC(=O)NCCOCCOCCNC(=O)CN(CCN(CC(=O)O)CC(=O)NCCOCCOCCNC(=O)NCCOCCOCCOCCOc3cccc(-c4nc(NC(=N)N)nc5ccc(Cl)cc45)c3)CC(=O)O)c2)c2cc(Cl)ccc2n1. The molecular weight excluding hydrogens is 1480 g/mol. The largest absolute Gasteiger partial charge is 0.491 e. The first-order valence-electron chi connectivity index (χ1n) is 35.2. The monoisotopic (exact) mass is 1580 g/mol. The first kappa shape index (κ1) is 89.1. The number of nitrogens with two attached hydrogens (primary N) is 2. The lowest BCUT2D eigenvalue weighted by Gasteiger charge is -2.25. The highest BCUT2D eigenvalue weighted by atomic mass is 35.5. The minimum atomic E-state index is -1.21. The molecule has 38 nitrogen and oxygen atoms in total. The minimum Gasteiger partial charge on any atom is -0.491 e. The fourth-order valence-corrected chi connectivity index (χ4v) is 10.2. The summed E-state index contributed by atoms with van der Waals surface area (Å²) in [6.07, 6.45) is 0. The van der Waals surface area contributed by atoms with Crippen molar-refractivity contribution in [1.82, 2.24) is 61.6 Å².